The van der Waals surface area contributed by atoms with Crippen LogP contribution < -0.4 is 20.3 Å². The number of hydrogen-bond acceptors (Lipinski definition) is 9. The molecule has 1 amide bonds. The summed E-state index contributed by atoms with van der Waals surface area (Å²) in [5.41, 5.74) is 5.59. The van der Waals surface area contributed by atoms with E-state index in [1.807, 2.05) is 0 Å². The Bertz CT molecular complexity index is 1210. The number of alkyl halides is 3. The minimum Gasteiger partial charge on any atom is -0.405 e. The van der Waals surface area contributed by atoms with Gasteiger partial charge in [0.25, 0.3) is 0 Å². The molecule has 0 spiro atoms. The Morgan fingerprint density at radius 2 is 1.88 bits per heavy atom. The predicted octanol–water partition coefficient (Wildman–Crippen LogP) is 3.86. The van der Waals surface area contributed by atoms with Crippen LogP contribution in [0.4, 0.5) is 30.6 Å². The van der Waals surface area contributed by atoms with E-state index in [2.05, 4.69) is 19.6 Å². The summed E-state index contributed by atoms with van der Waals surface area (Å²) in [5.74, 6) is -0.0694. The number of aromatic nitrogens is 2. The van der Waals surface area contributed by atoms with Crippen LogP contribution in [0.2, 0.25) is 0 Å². The second-order valence-electron chi connectivity index (χ2n) is 10.5. The SMILES string of the molecule is CN(Cc1ccccc1OC(F)(F)F)c1ncc([N+](=O)[O-])c(N(C)C[C@H]2CC[C@H](N3CCC[C@H]3C(N)=O)CC2)n1. The molecule has 0 bridgehead atoms. The number of nitrogens with two attached hydrogens (primary N) is 1. The van der Waals surface area contributed by atoms with Crippen LogP contribution in [0, 0.1) is 16.0 Å². The third-order valence-corrected chi connectivity index (χ3v) is 7.68. The number of likely N-dealkylation sites (tertiary alicyclic amines) is 1. The fourth-order valence-electron chi connectivity index (χ4n) is 5.80. The molecular formula is C26H34F3N7O4. The molecule has 0 radical (unpaired) electrons. The van der Waals surface area contributed by atoms with Crippen molar-refractivity contribution in [2.24, 2.45) is 11.7 Å². The lowest BCUT2D eigenvalue weighted by atomic mass is 9.84. The monoisotopic (exact) mass is 565 g/mol. The normalized spacial score (nSPS) is 21.7. The maximum atomic E-state index is 12.8. The molecule has 1 aromatic carbocycles. The number of benzene rings is 1. The van der Waals surface area contributed by atoms with Gasteiger partial charge in [-0.2, -0.15) is 4.98 Å². The van der Waals surface area contributed by atoms with E-state index < -0.39 is 11.3 Å². The van der Waals surface area contributed by atoms with E-state index in [1.54, 1.807) is 25.1 Å². The first-order valence-electron chi connectivity index (χ1n) is 13.3. The quantitative estimate of drug-likeness (QED) is 0.337. The zero-order valence-electron chi connectivity index (χ0n) is 22.5. The molecule has 2 heterocycles. The minimum atomic E-state index is -4.84. The third kappa shape index (κ3) is 7.09. The van der Waals surface area contributed by atoms with Gasteiger partial charge in [-0.25, -0.2) is 4.98 Å². The molecule has 2 N–H and O–H groups in total. The standard InChI is InChI=1S/C26H34F3N7O4/c1-33(15-17-9-11-19(12-10-17)35-13-5-7-20(35)23(30)37)24-21(36(38)39)14-31-25(32-24)34(2)16-18-6-3-4-8-22(18)40-26(27,28)29/h3-4,6,8,14,17,19-20H,5,7,9-13,15-16H2,1-2H3,(H2,30,37)/t17-,19-,20-/m0/s1. The number of ether oxygens (including phenoxy) is 1. The molecule has 0 unspecified atom stereocenters. The first-order valence-corrected chi connectivity index (χ1v) is 13.3. The van der Waals surface area contributed by atoms with Gasteiger partial charge in [0.15, 0.2) is 0 Å². The molecule has 2 fully saturated rings. The smallest absolute Gasteiger partial charge is 0.405 e. The molecule has 218 valence electrons. The van der Waals surface area contributed by atoms with Crippen molar-refractivity contribution in [1.29, 1.82) is 0 Å². The zero-order chi connectivity index (χ0) is 29.0. The number of amides is 1. The van der Waals surface area contributed by atoms with Crippen molar-refractivity contribution in [2.75, 3.05) is 37.0 Å². The molecule has 1 saturated carbocycles. The molecule has 2 aliphatic rings. The topological polar surface area (TPSA) is 131 Å². The minimum absolute atomic E-state index is 0.0139. The Labute approximate surface area is 230 Å². The lowest BCUT2D eigenvalue weighted by Gasteiger charge is -2.38. The van der Waals surface area contributed by atoms with Gasteiger partial charge in [0.05, 0.1) is 11.0 Å². The van der Waals surface area contributed by atoms with E-state index in [0.717, 1.165) is 51.3 Å². The van der Waals surface area contributed by atoms with Gasteiger partial charge in [-0.15, -0.1) is 13.2 Å². The van der Waals surface area contributed by atoms with E-state index in [-0.39, 0.29) is 53.2 Å². The van der Waals surface area contributed by atoms with Crippen LogP contribution in [0.3, 0.4) is 0 Å². The van der Waals surface area contributed by atoms with Crippen molar-refractivity contribution in [3.8, 4) is 5.75 Å². The number of nitrogens with zero attached hydrogens (tertiary/aromatic N) is 6. The summed E-state index contributed by atoms with van der Waals surface area (Å²) in [7, 11) is 3.33. The summed E-state index contributed by atoms with van der Waals surface area (Å²) in [6, 6.07) is 5.86. The van der Waals surface area contributed by atoms with E-state index in [4.69, 9.17) is 5.73 Å². The van der Waals surface area contributed by atoms with Gasteiger partial charge in [-0.3, -0.25) is 19.8 Å². The lowest BCUT2D eigenvalue weighted by molar-refractivity contribution is -0.384. The summed E-state index contributed by atoms with van der Waals surface area (Å²) >= 11 is 0. The highest BCUT2D eigenvalue weighted by Gasteiger charge is 2.36. The lowest BCUT2D eigenvalue weighted by Crippen LogP contribution is -2.47. The molecule has 14 heteroatoms. The molecule has 2 aromatic rings. The Morgan fingerprint density at radius 1 is 1.18 bits per heavy atom. The molecule has 40 heavy (non-hydrogen) atoms. The van der Waals surface area contributed by atoms with Crippen molar-refractivity contribution in [1.82, 2.24) is 14.9 Å². The number of halogens is 3. The van der Waals surface area contributed by atoms with Gasteiger partial charge in [-0.05, 0) is 57.1 Å². The molecule has 4 rings (SSSR count). The highest BCUT2D eigenvalue weighted by Crippen LogP contribution is 2.34. The van der Waals surface area contributed by atoms with E-state index >= 15 is 0 Å². The van der Waals surface area contributed by atoms with E-state index in [0.29, 0.717) is 12.6 Å². The Hall–Kier alpha value is -3.68. The molecule has 1 aliphatic heterocycles. The summed E-state index contributed by atoms with van der Waals surface area (Å²) in [4.78, 5) is 37.1. The first-order chi connectivity index (χ1) is 18.9. The fraction of sp³-hybridized carbons (Fsp3) is 0.577. The number of hydrogen-bond donors (Lipinski definition) is 1. The average Bonchev–Trinajstić information content (AvgIpc) is 3.39. The van der Waals surface area contributed by atoms with Crippen molar-refractivity contribution >= 4 is 23.4 Å². The van der Waals surface area contributed by atoms with Crippen LogP contribution in [0.25, 0.3) is 0 Å². The number of carbonyl (C=O) groups is 1. The third-order valence-electron chi connectivity index (χ3n) is 7.68. The average molecular weight is 566 g/mol. The highest BCUT2D eigenvalue weighted by atomic mass is 19.4. The van der Waals surface area contributed by atoms with Gasteiger partial charge in [-0.1, -0.05) is 18.2 Å². The van der Waals surface area contributed by atoms with Gasteiger partial charge < -0.3 is 20.3 Å². The summed E-state index contributed by atoms with van der Waals surface area (Å²) in [6.07, 6.45) is 1.68. The van der Waals surface area contributed by atoms with Crippen LogP contribution in [-0.4, -0.2) is 71.3 Å². The number of para-hydroxylation sites is 1. The van der Waals surface area contributed by atoms with Crippen LogP contribution in [0.15, 0.2) is 30.5 Å². The molecule has 1 saturated heterocycles. The van der Waals surface area contributed by atoms with Crippen molar-refractivity contribution in [3.63, 3.8) is 0 Å². The number of rotatable bonds is 10. The molecule has 1 atom stereocenters. The van der Waals surface area contributed by atoms with E-state index in [9.17, 15) is 28.1 Å². The van der Waals surface area contributed by atoms with Crippen molar-refractivity contribution in [2.45, 2.75) is 63.5 Å². The maximum absolute atomic E-state index is 12.8. The van der Waals surface area contributed by atoms with Crippen LogP contribution in [-0.2, 0) is 11.3 Å². The van der Waals surface area contributed by atoms with Gasteiger partial charge >= 0.3 is 12.0 Å². The molecule has 1 aliphatic carbocycles. The van der Waals surface area contributed by atoms with Crippen LogP contribution >= 0.6 is 0 Å². The van der Waals surface area contributed by atoms with Crippen molar-refractivity contribution in [3.05, 3.63) is 46.1 Å². The highest BCUT2D eigenvalue weighted by molar-refractivity contribution is 5.80. The van der Waals surface area contributed by atoms with Gasteiger partial charge in [0.2, 0.25) is 17.7 Å². The number of nitro groups is 1. The molecule has 1 aromatic heterocycles. The van der Waals surface area contributed by atoms with Crippen LogP contribution in [0.1, 0.15) is 44.1 Å². The number of primary amides is 1. The summed E-state index contributed by atoms with van der Waals surface area (Å²) in [5, 5.41) is 11.8. The maximum Gasteiger partial charge on any atom is 0.573 e. The van der Waals surface area contributed by atoms with E-state index in [1.165, 1.54) is 23.1 Å². The fourth-order valence-corrected chi connectivity index (χ4v) is 5.80. The van der Waals surface area contributed by atoms with Crippen LogP contribution in [0.5, 0.6) is 5.75 Å². The predicted molar refractivity (Wildman–Crippen MR) is 142 cm³/mol. The Kier molecular flexibility index (Phi) is 8.96. The van der Waals surface area contributed by atoms with Crippen molar-refractivity contribution < 1.29 is 27.6 Å². The Balaban J connectivity index is 1.44. The molecule has 11 nitrogen and oxygen atoms in total. The number of carbonyl (C=O) groups excluding carboxylic acids is 1. The second-order valence-corrected chi connectivity index (χ2v) is 10.5. The first kappa shape index (κ1) is 29.3. The summed E-state index contributed by atoms with van der Waals surface area (Å²) in [6.45, 7) is 1.40. The number of anilines is 2. The Morgan fingerprint density at radius 3 is 2.52 bits per heavy atom. The van der Waals surface area contributed by atoms with Gasteiger partial charge in [0.1, 0.15) is 11.9 Å². The second kappa shape index (κ2) is 12.2. The molecular weight excluding hydrogens is 531 g/mol. The van der Waals surface area contributed by atoms with Gasteiger partial charge in [0, 0.05) is 38.8 Å². The largest absolute Gasteiger partial charge is 0.573 e. The summed E-state index contributed by atoms with van der Waals surface area (Å²) < 4.78 is 42.6. The zero-order valence-corrected chi connectivity index (χ0v) is 22.5.